The molecule has 0 atom stereocenters. The molecule has 6 nitrogen and oxygen atoms in total. The van der Waals surface area contributed by atoms with Crippen molar-refractivity contribution in [1.82, 2.24) is 29.4 Å². The predicted molar refractivity (Wildman–Crippen MR) is 93.8 cm³/mol. The Balaban J connectivity index is 1.61. The lowest BCUT2D eigenvalue weighted by Crippen LogP contribution is -2.45. The van der Waals surface area contributed by atoms with Crippen molar-refractivity contribution < 1.29 is 4.39 Å². The number of aromatic nitrogens is 4. The molecule has 25 heavy (non-hydrogen) atoms. The van der Waals surface area contributed by atoms with Crippen molar-refractivity contribution in [3.8, 4) is 11.3 Å². The smallest absolute Gasteiger partial charge is 0.252 e. The van der Waals surface area contributed by atoms with E-state index in [4.69, 9.17) is 0 Å². The van der Waals surface area contributed by atoms with Crippen molar-refractivity contribution in [3.05, 3.63) is 48.2 Å². The third-order valence-electron chi connectivity index (χ3n) is 4.76. The fraction of sp³-hybridized carbons (Fsp3) is 0.389. The Morgan fingerprint density at radius 1 is 1.08 bits per heavy atom. The molecule has 1 aliphatic rings. The van der Waals surface area contributed by atoms with Crippen LogP contribution in [0.25, 0.3) is 17.0 Å². The summed E-state index contributed by atoms with van der Waals surface area (Å²) in [6.07, 6.45) is 4.37. The van der Waals surface area contributed by atoms with Gasteiger partial charge in [-0.1, -0.05) is 0 Å². The number of rotatable bonds is 4. The highest BCUT2D eigenvalue weighted by Crippen LogP contribution is 2.23. The number of fused-ring (bicyclic) bond motifs is 1. The van der Waals surface area contributed by atoms with Crippen molar-refractivity contribution in [2.24, 2.45) is 0 Å². The molecule has 0 unspecified atom stereocenters. The highest BCUT2D eigenvalue weighted by Gasteiger charge is 2.16. The molecular formula is C18H21FN6. The largest absolute Gasteiger partial charge is 0.304 e. The minimum Gasteiger partial charge on any atom is -0.304 e. The lowest BCUT2D eigenvalue weighted by Gasteiger charge is -2.32. The van der Waals surface area contributed by atoms with E-state index in [1.54, 1.807) is 16.6 Å². The van der Waals surface area contributed by atoms with Gasteiger partial charge in [0.15, 0.2) is 0 Å². The normalized spacial score (nSPS) is 16.6. The molecule has 3 heterocycles. The van der Waals surface area contributed by atoms with Gasteiger partial charge in [-0.15, -0.1) is 0 Å². The van der Waals surface area contributed by atoms with Crippen molar-refractivity contribution in [2.75, 3.05) is 39.8 Å². The Hall–Kier alpha value is -2.38. The lowest BCUT2D eigenvalue weighted by molar-refractivity contribution is 0.155. The van der Waals surface area contributed by atoms with E-state index in [1.807, 2.05) is 6.20 Å². The zero-order chi connectivity index (χ0) is 17.2. The maximum atomic E-state index is 13.3. The maximum absolute atomic E-state index is 13.3. The first kappa shape index (κ1) is 16.1. The molecule has 3 aromatic rings. The van der Waals surface area contributed by atoms with Gasteiger partial charge < -0.3 is 9.80 Å². The first-order valence-corrected chi connectivity index (χ1v) is 8.55. The van der Waals surface area contributed by atoms with Gasteiger partial charge >= 0.3 is 0 Å². The average Bonchev–Trinajstić information content (AvgIpc) is 3.08. The van der Waals surface area contributed by atoms with Gasteiger partial charge in [0.25, 0.3) is 5.78 Å². The van der Waals surface area contributed by atoms with Crippen LogP contribution < -0.4 is 0 Å². The molecule has 0 spiro atoms. The predicted octanol–water partition coefficient (Wildman–Crippen LogP) is 1.72. The summed E-state index contributed by atoms with van der Waals surface area (Å²) in [5.74, 6) is 0.314. The van der Waals surface area contributed by atoms with Gasteiger partial charge in [-0.3, -0.25) is 0 Å². The van der Waals surface area contributed by atoms with Gasteiger partial charge in [-0.05, 0) is 43.3 Å². The van der Waals surface area contributed by atoms with Gasteiger partial charge in [0, 0.05) is 44.5 Å². The van der Waals surface area contributed by atoms with E-state index in [1.165, 1.54) is 18.5 Å². The van der Waals surface area contributed by atoms with Gasteiger partial charge in [-0.25, -0.2) is 13.9 Å². The zero-order valence-corrected chi connectivity index (χ0v) is 14.3. The van der Waals surface area contributed by atoms with Crippen LogP contribution in [-0.2, 0) is 6.42 Å². The van der Waals surface area contributed by atoms with E-state index in [-0.39, 0.29) is 5.82 Å². The van der Waals surface area contributed by atoms with Gasteiger partial charge in [0.1, 0.15) is 12.1 Å². The fourth-order valence-corrected chi connectivity index (χ4v) is 3.19. The van der Waals surface area contributed by atoms with Crippen molar-refractivity contribution in [3.63, 3.8) is 0 Å². The molecule has 4 rings (SSSR count). The van der Waals surface area contributed by atoms with Crippen LogP contribution in [0.3, 0.4) is 0 Å². The maximum Gasteiger partial charge on any atom is 0.252 e. The molecule has 2 aromatic heterocycles. The Morgan fingerprint density at radius 3 is 2.60 bits per heavy atom. The number of likely N-dealkylation sites (N-methyl/N-ethyl adjacent to an activating group) is 1. The Kier molecular flexibility index (Phi) is 4.42. The molecule has 0 bridgehead atoms. The number of piperazine rings is 1. The summed E-state index contributed by atoms with van der Waals surface area (Å²) in [6.45, 7) is 5.35. The highest BCUT2D eigenvalue weighted by atomic mass is 19.1. The minimum absolute atomic E-state index is 0.244. The van der Waals surface area contributed by atoms with Gasteiger partial charge in [0.2, 0.25) is 0 Å². The van der Waals surface area contributed by atoms with E-state index < -0.39 is 0 Å². The molecule has 0 amide bonds. The third-order valence-corrected chi connectivity index (χ3v) is 4.76. The monoisotopic (exact) mass is 340 g/mol. The van der Waals surface area contributed by atoms with E-state index in [0.29, 0.717) is 5.78 Å². The van der Waals surface area contributed by atoms with Crippen LogP contribution in [0, 0.1) is 5.82 Å². The molecule has 1 aliphatic heterocycles. The zero-order valence-electron chi connectivity index (χ0n) is 14.3. The Labute approximate surface area is 145 Å². The molecule has 0 aliphatic carbocycles. The second kappa shape index (κ2) is 6.85. The van der Waals surface area contributed by atoms with Crippen LogP contribution in [0.4, 0.5) is 4.39 Å². The molecule has 1 saturated heterocycles. The van der Waals surface area contributed by atoms with E-state index >= 15 is 0 Å². The summed E-state index contributed by atoms with van der Waals surface area (Å²) < 4.78 is 15.0. The Morgan fingerprint density at radius 2 is 1.84 bits per heavy atom. The second-order valence-electron chi connectivity index (χ2n) is 6.52. The first-order valence-electron chi connectivity index (χ1n) is 8.55. The molecule has 7 heteroatoms. The molecule has 0 saturated carbocycles. The quantitative estimate of drug-likeness (QED) is 0.724. The van der Waals surface area contributed by atoms with Crippen LogP contribution in [0.5, 0.6) is 0 Å². The minimum atomic E-state index is -0.244. The van der Waals surface area contributed by atoms with Crippen LogP contribution in [-0.4, -0.2) is 69.2 Å². The molecule has 0 N–H and O–H groups in total. The molecule has 1 aromatic carbocycles. The summed E-state index contributed by atoms with van der Waals surface area (Å²) >= 11 is 0. The summed E-state index contributed by atoms with van der Waals surface area (Å²) in [5.41, 5.74) is 2.86. The summed E-state index contributed by atoms with van der Waals surface area (Å²) in [5, 5.41) is 4.20. The van der Waals surface area contributed by atoms with Crippen molar-refractivity contribution >= 4 is 5.78 Å². The van der Waals surface area contributed by atoms with Gasteiger partial charge in [0.05, 0.1) is 5.69 Å². The molecule has 0 radical (unpaired) electrons. The van der Waals surface area contributed by atoms with Crippen LogP contribution in [0.2, 0.25) is 0 Å². The van der Waals surface area contributed by atoms with Gasteiger partial charge in [-0.2, -0.15) is 10.1 Å². The summed E-state index contributed by atoms with van der Waals surface area (Å²) in [7, 11) is 2.16. The average molecular weight is 340 g/mol. The van der Waals surface area contributed by atoms with Crippen molar-refractivity contribution in [2.45, 2.75) is 6.42 Å². The van der Waals surface area contributed by atoms with E-state index in [9.17, 15) is 4.39 Å². The van der Waals surface area contributed by atoms with Crippen LogP contribution >= 0.6 is 0 Å². The highest BCUT2D eigenvalue weighted by molar-refractivity contribution is 5.64. The first-order chi connectivity index (χ1) is 12.2. The van der Waals surface area contributed by atoms with Crippen LogP contribution in [0.1, 0.15) is 5.56 Å². The van der Waals surface area contributed by atoms with E-state index in [0.717, 1.165) is 56.0 Å². The Bertz CT molecular complexity index is 852. The number of halogens is 1. The molecular weight excluding hydrogens is 319 g/mol. The standard InChI is InChI=1S/C18H21FN6/c1-23-8-10-24(11-9-23)7-6-15-12-25-18(20-13-21-25)22-17(15)14-2-4-16(19)5-3-14/h2-5,12-13H,6-11H2,1H3. The van der Waals surface area contributed by atoms with E-state index in [2.05, 4.69) is 31.9 Å². The number of benzene rings is 1. The lowest BCUT2D eigenvalue weighted by atomic mass is 10.0. The SMILES string of the molecule is CN1CCN(CCc2cn3ncnc3nc2-c2ccc(F)cc2)CC1. The third kappa shape index (κ3) is 3.52. The molecule has 1 fully saturated rings. The topological polar surface area (TPSA) is 49.6 Å². The summed E-state index contributed by atoms with van der Waals surface area (Å²) in [4.78, 5) is 13.6. The van der Waals surface area contributed by atoms with Crippen LogP contribution in [0.15, 0.2) is 36.8 Å². The number of hydrogen-bond acceptors (Lipinski definition) is 5. The second-order valence-corrected chi connectivity index (χ2v) is 6.52. The fourth-order valence-electron chi connectivity index (χ4n) is 3.19. The summed E-state index contributed by atoms with van der Waals surface area (Å²) in [6, 6.07) is 6.47. The number of nitrogens with zero attached hydrogens (tertiary/aromatic N) is 6. The molecule has 130 valence electrons. The van der Waals surface area contributed by atoms with Crippen molar-refractivity contribution in [1.29, 1.82) is 0 Å². The number of hydrogen-bond donors (Lipinski definition) is 0.